The molecule has 0 unspecified atom stereocenters. The molecule has 1 amide bonds. The molecule has 3 heterocycles. The lowest BCUT2D eigenvalue weighted by Crippen LogP contribution is -2.37. The van der Waals surface area contributed by atoms with Gasteiger partial charge >= 0.3 is 0 Å². The van der Waals surface area contributed by atoms with Crippen molar-refractivity contribution in [2.75, 3.05) is 23.7 Å². The highest BCUT2D eigenvalue weighted by Gasteiger charge is 2.42. The number of nitrogens with zero attached hydrogens (tertiary/aromatic N) is 5. The molecule has 2 aliphatic rings. The number of likely N-dealkylation sites (tertiary alicyclic amines) is 1. The third-order valence-corrected chi connectivity index (χ3v) is 6.41. The molecule has 1 aliphatic carbocycles. The van der Waals surface area contributed by atoms with E-state index in [-0.39, 0.29) is 0 Å². The van der Waals surface area contributed by atoms with Crippen LogP contribution in [0, 0.1) is 12.3 Å². The van der Waals surface area contributed by atoms with Crippen LogP contribution in [0.2, 0.25) is 0 Å². The Bertz CT molecular complexity index is 870. The second-order valence-corrected chi connectivity index (χ2v) is 8.59. The highest BCUT2D eigenvalue weighted by molar-refractivity contribution is 5.76. The molecular weight excluding hydrogens is 366 g/mol. The standard InChI is InChI=1S/C21H31N7O/c1-4-18(29)28-10-9-21(14-28)7-5-16(6-8-21)24-19-15(2)11-22-20(26-19)25-17-12-23-27(3)13-17/h11-13,16H,4-10,14H2,1-3H3,(H2,22,24,25,26). The number of anilines is 3. The summed E-state index contributed by atoms with van der Waals surface area (Å²) in [4.78, 5) is 23.2. The first-order valence-corrected chi connectivity index (χ1v) is 10.6. The summed E-state index contributed by atoms with van der Waals surface area (Å²) in [6.45, 7) is 5.86. The minimum absolute atomic E-state index is 0.298. The molecule has 8 heteroatoms. The van der Waals surface area contributed by atoms with Crippen molar-refractivity contribution in [3.63, 3.8) is 0 Å². The van der Waals surface area contributed by atoms with E-state index >= 15 is 0 Å². The van der Waals surface area contributed by atoms with E-state index in [0.29, 0.717) is 29.7 Å². The van der Waals surface area contributed by atoms with Gasteiger partial charge in [0.2, 0.25) is 11.9 Å². The highest BCUT2D eigenvalue weighted by Crippen LogP contribution is 2.44. The monoisotopic (exact) mass is 397 g/mol. The fourth-order valence-corrected chi connectivity index (χ4v) is 4.61. The van der Waals surface area contributed by atoms with Crippen molar-refractivity contribution >= 4 is 23.4 Å². The molecule has 0 aromatic carbocycles. The van der Waals surface area contributed by atoms with Gasteiger partial charge in [0.25, 0.3) is 0 Å². The number of amides is 1. The molecule has 1 spiro atoms. The lowest BCUT2D eigenvalue weighted by atomic mass is 9.72. The summed E-state index contributed by atoms with van der Waals surface area (Å²) in [7, 11) is 1.88. The van der Waals surface area contributed by atoms with Gasteiger partial charge in [0.15, 0.2) is 0 Å². The van der Waals surface area contributed by atoms with E-state index in [0.717, 1.165) is 49.4 Å². The molecule has 2 N–H and O–H groups in total. The number of hydrogen-bond donors (Lipinski definition) is 2. The highest BCUT2D eigenvalue weighted by atomic mass is 16.2. The molecule has 156 valence electrons. The molecule has 0 radical (unpaired) electrons. The van der Waals surface area contributed by atoms with Crippen LogP contribution >= 0.6 is 0 Å². The van der Waals surface area contributed by atoms with Gasteiger partial charge in [-0.05, 0) is 44.4 Å². The first kappa shape index (κ1) is 19.7. The van der Waals surface area contributed by atoms with Crippen LogP contribution in [-0.4, -0.2) is 49.7 Å². The van der Waals surface area contributed by atoms with Crippen molar-refractivity contribution in [2.45, 2.75) is 58.4 Å². The number of carbonyl (C=O) groups excluding carboxylic acids is 1. The molecule has 2 fully saturated rings. The van der Waals surface area contributed by atoms with E-state index in [1.54, 1.807) is 10.9 Å². The zero-order valence-corrected chi connectivity index (χ0v) is 17.6. The first-order chi connectivity index (χ1) is 14.0. The van der Waals surface area contributed by atoms with Crippen LogP contribution in [0.15, 0.2) is 18.6 Å². The normalized spacial score (nSPS) is 24.1. The number of hydrogen-bond acceptors (Lipinski definition) is 6. The van der Waals surface area contributed by atoms with Crippen molar-refractivity contribution < 1.29 is 4.79 Å². The van der Waals surface area contributed by atoms with Crippen molar-refractivity contribution in [1.82, 2.24) is 24.6 Å². The van der Waals surface area contributed by atoms with E-state index in [1.807, 2.05) is 33.3 Å². The fourth-order valence-electron chi connectivity index (χ4n) is 4.61. The van der Waals surface area contributed by atoms with Crippen molar-refractivity contribution in [3.05, 3.63) is 24.2 Å². The summed E-state index contributed by atoms with van der Waals surface area (Å²) < 4.78 is 1.74. The Morgan fingerprint density at radius 2 is 2.07 bits per heavy atom. The second-order valence-electron chi connectivity index (χ2n) is 8.59. The lowest BCUT2D eigenvalue weighted by molar-refractivity contribution is -0.130. The van der Waals surface area contributed by atoms with E-state index < -0.39 is 0 Å². The van der Waals surface area contributed by atoms with Crippen LogP contribution in [0.25, 0.3) is 0 Å². The maximum Gasteiger partial charge on any atom is 0.229 e. The molecule has 2 aromatic heterocycles. The molecular formula is C21H31N7O. The predicted molar refractivity (Wildman–Crippen MR) is 113 cm³/mol. The predicted octanol–water partition coefficient (Wildman–Crippen LogP) is 3.25. The average molecular weight is 398 g/mol. The van der Waals surface area contributed by atoms with Gasteiger partial charge in [-0.2, -0.15) is 10.1 Å². The van der Waals surface area contributed by atoms with Crippen molar-refractivity contribution in [1.29, 1.82) is 0 Å². The SMILES string of the molecule is CCC(=O)N1CCC2(CCC(Nc3nc(Nc4cnn(C)c4)ncc3C)CC2)C1. The van der Waals surface area contributed by atoms with Gasteiger partial charge in [-0.1, -0.05) is 6.92 Å². The minimum Gasteiger partial charge on any atom is -0.367 e. The van der Waals surface area contributed by atoms with E-state index in [4.69, 9.17) is 0 Å². The summed E-state index contributed by atoms with van der Waals surface area (Å²) in [5, 5.41) is 11.0. The molecule has 8 nitrogen and oxygen atoms in total. The minimum atomic E-state index is 0.298. The van der Waals surface area contributed by atoms with E-state index in [1.165, 1.54) is 12.8 Å². The Labute approximate surface area is 172 Å². The fraction of sp³-hybridized carbons (Fsp3) is 0.619. The molecule has 1 saturated heterocycles. The number of aromatic nitrogens is 4. The summed E-state index contributed by atoms with van der Waals surface area (Å²) in [6.07, 6.45) is 11.8. The topological polar surface area (TPSA) is 88.0 Å². The largest absolute Gasteiger partial charge is 0.367 e. The number of aryl methyl sites for hydroxylation is 2. The van der Waals surface area contributed by atoms with Crippen LogP contribution in [0.4, 0.5) is 17.5 Å². The van der Waals surface area contributed by atoms with Crippen LogP contribution in [0.3, 0.4) is 0 Å². The quantitative estimate of drug-likeness (QED) is 0.805. The van der Waals surface area contributed by atoms with Crippen LogP contribution in [-0.2, 0) is 11.8 Å². The molecule has 1 aliphatic heterocycles. The second kappa shape index (κ2) is 8.00. The summed E-state index contributed by atoms with van der Waals surface area (Å²) >= 11 is 0. The van der Waals surface area contributed by atoms with E-state index in [9.17, 15) is 4.79 Å². The lowest BCUT2D eigenvalue weighted by Gasteiger charge is -2.37. The zero-order valence-electron chi connectivity index (χ0n) is 17.6. The van der Waals surface area contributed by atoms with E-state index in [2.05, 4.69) is 30.6 Å². The van der Waals surface area contributed by atoms with Gasteiger partial charge in [-0.25, -0.2) is 4.98 Å². The summed E-state index contributed by atoms with van der Waals surface area (Å²) in [5.74, 6) is 1.76. The van der Waals surface area contributed by atoms with Crippen LogP contribution in [0.5, 0.6) is 0 Å². The van der Waals surface area contributed by atoms with Crippen molar-refractivity contribution in [3.8, 4) is 0 Å². The van der Waals surface area contributed by atoms with Gasteiger partial charge in [0, 0.05) is 50.6 Å². The number of rotatable bonds is 5. The Morgan fingerprint density at radius 3 is 2.76 bits per heavy atom. The molecule has 1 saturated carbocycles. The van der Waals surface area contributed by atoms with Gasteiger partial charge in [-0.3, -0.25) is 9.48 Å². The van der Waals surface area contributed by atoms with Crippen LogP contribution in [0.1, 0.15) is 51.0 Å². The maximum atomic E-state index is 12.0. The first-order valence-electron chi connectivity index (χ1n) is 10.6. The average Bonchev–Trinajstić information content (AvgIpc) is 3.32. The number of carbonyl (C=O) groups is 1. The third kappa shape index (κ3) is 4.36. The summed E-state index contributed by atoms with van der Waals surface area (Å²) in [6, 6.07) is 0.413. The molecule has 4 rings (SSSR count). The molecule has 0 bridgehead atoms. The van der Waals surface area contributed by atoms with Gasteiger partial charge < -0.3 is 15.5 Å². The Balaban J connectivity index is 1.36. The number of nitrogens with one attached hydrogen (secondary N) is 2. The molecule has 29 heavy (non-hydrogen) atoms. The Hall–Kier alpha value is -2.64. The summed E-state index contributed by atoms with van der Waals surface area (Å²) in [5.41, 5.74) is 2.24. The Morgan fingerprint density at radius 1 is 1.28 bits per heavy atom. The van der Waals surface area contributed by atoms with Crippen molar-refractivity contribution in [2.24, 2.45) is 12.5 Å². The maximum absolute atomic E-state index is 12.0. The molecule has 0 atom stereocenters. The smallest absolute Gasteiger partial charge is 0.229 e. The zero-order chi connectivity index (χ0) is 20.4. The molecule has 2 aromatic rings. The van der Waals surface area contributed by atoms with Gasteiger partial charge in [0.1, 0.15) is 5.82 Å². The van der Waals surface area contributed by atoms with Crippen LogP contribution < -0.4 is 10.6 Å². The third-order valence-electron chi connectivity index (χ3n) is 6.41. The Kier molecular flexibility index (Phi) is 5.43. The van der Waals surface area contributed by atoms with Gasteiger partial charge in [0.05, 0.1) is 11.9 Å². The van der Waals surface area contributed by atoms with Gasteiger partial charge in [-0.15, -0.1) is 0 Å².